The standard InChI is InChI=1S/C13H21BrN2S/c1-10(2)7-11-8-15-4-5-16(11)9-13-12(14)3-6-17-13/h3,6,10-11,15H,4-5,7-9H2,1-2H3. The van der Waals surface area contributed by atoms with Gasteiger partial charge in [-0.15, -0.1) is 11.3 Å². The number of rotatable bonds is 4. The van der Waals surface area contributed by atoms with Crippen molar-refractivity contribution in [2.24, 2.45) is 5.92 Å². The molecular formula is C13H21BrN2S. The van der Waals surface area contributed by atoms with E-state index in [1.165, 1.54) is 22.3 Å². The van der Waals surface area contributed by atoms with Crippen molar-refractivity contribution in [2.75, 3.05) is 19.6 Å². The van der Waals surface area contributed by atoms with Crippen LogP contribution in [0.25, 0.3) is 0 Å². The van der Waals surface area contributed by atoms with E-state index in [1.54, 1.807) is 0 Å². The predicted molar refractivity (Wildman–Crippen MR) is 78.5 cm³/mol. The van der Waals surface area contributed by atoms with E-state index in [2.05, 4.69) is 51.4 Å². The third kappa shape index (κ3) is 3.78. The van der Waals surface area contributed by atoms with E-state index in [-0.39, 0.29) is 0 Å². The Labute approximate surface area is 117 Å². The summed E-state index contributed by atoms with van der Waals surface area (Å²) in [7, 11) is 0. The van der Waals surface area contributed by atoms with Crippen LogP contribution < -0.4 is 5.32 Å². The van der Waals surface area contributed by atoms with Crippen LogP contribution in [0.3, 0.4) is 0 Å². The SMILES string of the molecule is CC(C)CC1CNCCN1Cc1sccc1Br. The van der Waals surface area contributed by atoms with Gasteiger partial charge in [0.25, 0.3) is 0 Å². The van der Waals surface area contributed by atoms with Crippen LogP contribution in [0.2, 0.25) is 0 Å². The average Bonchev–Trinajstić information content (AvgIpc) is 2.67. The molecule has 1 atom stereocenters. The Morgan fingerprint density at radius 1 is 1.59 bits per heavy atom. The van der Waals surface area contributed by atoms with E-state index < -0.39 is 0 Å². The monoisotopic (exact) mass is 316 g/mol. The largest absolute Gasteiger partial charge is 0.314 e. The normalized spacial score (nSPS) is 22.2. The Morgan fingerprint density at radius 2 is 2.41 bits per heavy atom. The van der Waals surface area contributed by atoms with Gasteiger partial charge in [-0.3, -0.25) is 4.90 Å². The summed E-state index contributed by atoms with van der Waals surface area (Å²) in [6.07, 6.45) is 1.29. The van der Waals surface area contributed by atoms with Gasteiger partial charge in [-0.05, 0) is 39.7 Å². The summed E-state index contributed by atoms with van der Waals surface area (Å²) in [5.41, 5.74) is 0. The number of thiophene rings is 1. The van der Waals surface area contributed by atoms with Gasteiger partial charge in [0.1, 0.15) is 0 Å². The number of hydrogen-bond donors (Lipinski definition) is 1. The van der Waals surface area contributed by atoms with E-state index in [1.807, 2.05) is 11.3 Å². The fourth-order valence-corrected chi connectivity index (χ4v) is 3.91. The molecule has 2 nitrogen and oxygen atoms in total. The zero-order valence-corrected chi connectivity index (χ0v) is 13.0. The Kier molecular flexibility index (Phi) is 5.03. The molecule has 0 aromatic carbocycles. The Morgan fingerprint density at radius 3 is 3.06 bits per heavy atom. The topological polar surface area (TPSA) is 15.3 Å². The fourth-order valence-electron chi connectivity index (χ4n) is 2.41. The van der Waals surface area contributed by atoms with Crippen LogP contribution in [0.5, 0.6) is 0 Å². The van der Waals surface area contributed by atoms with Crippen LogP contribution in [0.4, 0.5) is 0 Å². The molecule has 0 bridgehead atoms. The molecule has 0 amide bonds. The molecule has 1 aliphatic rings. The lowest BCUT2D eigenvalue weighted by Crippen LogP contribution is -2.51. The summed E-state index contributed by atoms with van der Waals surface area (Å²) in [5, 5.41) is 5.68. The lowest BCUT2D eigenvalue weighted by Gasteiger charge is -2.37. The van der Waals surface area contributed by atoms with Crippen molar-refractivity contribution in [3.63, 3.8) is 0 Å². The second-order valence-electron chi connectivity index (χ2n) is 5.15. The Bertz CT molecular complexity index is 351. The molecule has 0 aliphatic carbocycles. The molecule has 1 aliphatic heterocycles. The van der Waals surface area contributed by atoms with Gasteiger partial charge in [0.05, 0.1) is 0 Å². The first-order valence-electron chi connectivity index (χ1n) is 6.33. The summed E-state index contributed by atoms with van der Waals surface area (Å²) in [5.74, 6) is 0.772. The summed E-state index contributed by atoms with van der Waals surface area (Å²) >= 11 is 5.49. The van der Waals surface area contributed by atoms with Gasteiger partial charge >= 0.3 is 0 Å². The van der Waals surface area contributed by atoms with Crippen LogP contribution in [-0.2, 0) is 6.54 Å². The molecule has 17 heavy (non-hydrogen) atoms. The lowest BCUT2D eigenvalue weighted by molar-refractivity contribution is 0.135. The summed E-state index contributed by atoms with van der Waals surface area (Å²) in [4.78, 5) is 4.09. The van der Waals surface area contributed by atoms with Crippen molar-refractivity contribution in [3.05, 3.63) is 20.8 Å². The molecule has 1 aromatic heterocycles. The highest BCUT2D eigenvalue weighted by Crippen LogP contribution is 2.26. The van der Waals surface area contributed by atoms with Crippen LogP contribution in [-0.4, -0.2) is 30.6 Å². The van der Waals surface area contributed by atoms with Crippen LogP contribution in [0, 0.1) is 5.92 Å². The smallest absolute Gasteiger partial charge is 0.0343 e. The van der Waals surface area contributed by atoms with E-state index >= 15 is 0 Å². The van der Waals surface area contributed by atoms with Gasteiger partial charge in [-0.25, -0.2) is 0 Å². The second-order valence-corrected chi connectivity index (χ2v) is 7.00. The maximum atomic E-state index is 3.63. The maximum Gasteiger partial charge on any atom is 0.0343 e. The molecule has 96 valence electrons. The zero-order valence-electron chi connectivity index (χ0n) is 10.6. The van der Waals surface area contributed by atoms with Gasteiger partial charge < -0.3 is 5.32 Å². The molecule has 4 heteroatoms. The third-order valence-corrected chi connectivity index (χ3v) is 5.16. The summed E-state index contributed by atoms with van der Waals surface area (Å²) < 4.78 is 1.27. The molecule has 2 heterocycles. The van der Waals surface area contributed by atoms with Crippen LogP contribution in [0.1, 0.15) is 25.1 Å². The lowest BCUT2D eigenvalue weighted by atomic mass is 10.0. The minimum atomic E-state index is 0.692. The minimum absolute atomic E-state index is 0.692. The first kappa shape index (κ1) is 13.5. The van der Waals surface area contributed by atoms with Crippen molar-refractivity contribution in [1.29, 1.82) is 0 Å². The molecule has 1 unspecified atom stereocenters. The third-order valence-electron chi connectivity index (χ3n) is 3.25. The quantitative estimate of drug-likeness (QED) is 0.916. The average molecular weight is 317 g/mol. The van der Waals surface area contributed by atoms with E-state index in [9.17, 15) is 0 Å². The summed E-state index contributed by atoms with van der Waals surface area (Å²) in [6.45, 7) is 9.15. The molecule has 0 radical (unpaired) electrons. The molecule has 1 aromatic rings. The molecule has 1 N–H and O–H groups in total. The van der Waals surface area contributed by atoms with Gasteiger partial charge in [0, 0.05) is 41.6 Å². The number of nitrogens with zero attached hydrogens (tertiary/aromatic N) is 1. The minimum Gasteiger partial charge on any atom is -0.314 e. The number of piperazine rings is 1. The molecule has 1 saturated heterocycles. The Hall–Kier alpha value is 0.100. The highest BCUT2D eigenvalue weighted by molar-refractivity contribution is 9.10. The second kappa shape index (κ2) is 6.32. The van der Waals surface area contributed by atoms with Crippen LogP contribution >= 0.6 is 27.3 Å². The highest BCUT2D eigenvalue weighted by atomic mass is 79.9. The van der Waals surface area contributed by atoms with E-state index in [4.69, 9.17) is 0 Å². The van der Waals surface area contributed by atoms with Crippen LogP contribution in [0.15, 0.2) is 15.9 Å². The number of hydrogen-bond acceptors (Lipinski definition) is 3. The van der Waals surface area contributed by atoms with Crippen molar-refractivity contribution in [2.45, 2.75) is 32.9 Å². The molecule has 1 fully saturated rings. The predicted octanol–water partition coefficient (Wildman–Crippen LogP) is 3.33. The van der Waals surface area contributed by atoms with Gasteiger partial charge in [-0.2, -0.15) is 0 Å². The highest BCUT2D eigenvalue weighted by Gasteiger charge is 2.23. The molecule has 2 rings (SSSR count). The number of halogens is 1. The first-order valence-corrected chi connectivity index (χ1v) is 8.00. The molecule has 0 spiro atoms. The summed E-state index contributed by atoms with van der Waals surface area (Å²) in [6, 6.07) is 2.84. The first-order chi connectivity index (χ1) is 8.16. The molecule has 0 saturated carbocycles. The zero-order chi connectivity index (χ0) is 12.3. The fraction of sp³-hybridized carbons (Fsp3) is 0.692. The van der Waals surface area contributed by atoms with E-state index in [0.29, 0.717) is 6.04 Å². The maximum absolute atomic E-state index is 3.63. The Balaban J connectivity index is 1.99. The van der Waals surface area contributed by atoms with Crippen molar-refractivity contribution in [1.82, 2.24) is 10.2 Å². The van der Waals surface area contributed by atoms with Crippen molar-refractivity contribution < 1.29 is 0 Å². The van der Waals surface area contributed by atoms with Crippen molar-refractivity contribution in [3.8, 4) is 0 Å². The van der Waals surface area contributed by atoms with Gasteiger partial charge in [-0.1, -0.05) is 13.8 Å². The van der Waals surface area contributed by atoms with E-state index in [0.717, 1.165) is 25.6 Å². The van der Waals surface area contributed by atoms with Crippen molar-refractivity contribution >= 4 is 27.3 Å². The number of nitrogens with one attached hydrogen (secondary N) is 1. The molecular weight excluding hydrogens is 296 g/mol. The van der Waals surface area contributed by atoms with Gasteiger partial charge in [0.2, 0.25) is 0 Å². The van der Waals surface area contributed by atoms with Gasteiger partial charge in [0.15, 0.2) is 0 Å².